The average molecular weight is 419 g/mol. The Bertz CT molecular complexity index is 1080. The van der Waals surface area contributed by atoms with Crippen LogP contribution in [-0.4, -0.2) is 23.3 Å². The van der Waals surface area contributed by atoms with Gasteiger partial charge in [-0.15, -0.1) is 0 Å². The fraction of sp³-hybridized carbons (Fsp3) is 0.423. The lowest BCUT2D eigenvalue weighted by molar-refractivity contribution is -0.122. The lowest BCUT2D eigenvalue weighted by Crippen LogP contribution is -2.36. The lowest BCUT2D eigenvalue weighted by Gasteiger charge is -2.24. The zero-order chi connectivity index (χ0) is 21.2. The number of hydrogen-bond donors (Lipinski definition) is 1. The fourth-order valence-electron chi connectivity index (χ4n) is 5.07. The second kappa shape index (κ2) is 8.66. The van der Waals surface area contributed by atoms with Crippen molar-refractivity contribution in [1.82, 2.24) is 9.88 Å². The summed E-state index contributed by atoms with van der Waals surface area (Å²) in [5.41, 5.74) is 3.48. The van der Waals surface area contributed by atoms with Crippen LogP contribution in [-0.2, 0) is 11.3 Å². The molecule has 1 aromatic heterocycles. The number of rotatable bonds is 6. The summed E-state index contributed by atoms with van der Waals surface area (Å²) in [5.74, 6) is 1.61. The van der Waals surface area contributed by atoms with Crippen molar-refractivity contribution < 1.29 is 14.3 Å². The highest BCUT2D eigenvalue weighted by molar-refractivity contribution is 5.86. The van der Waals surface area contributed by atoms with Crippen LogP contribution in [0.2, 0.25) is 0 Å². The minimum atomic E-state index is -0.0456. The molecule has 5 heteroatoms. The number of aromatic nitrogens is 1. The van der Waals surface area contributed by atoms with Crippen molar-refractivity contribution >= 4 is 16.8 Å². The molecule has 0 saturated heterocycles. The Balaban J connectivity index is 1.51. The predicted octanol–water partition coefficient (Wildman–Crippen LogP) is 5.36. The van der Waals surface area contributed by atoms with Crippen molar-refractivity contribution in [3.8, 4) is 11.5 Å². The second-order valence-corrected chi connectivity index (χ2v) is 8.66. The SMILES string of the molecule is CCn1cc([C@H](CC(=O)NC2CCCCC2)c2ccc3c(c2)OCO3)c2ccccc21. The lowest BCUT2D eigenvalue weighted by atomic mass is 9.87. The van der Waals surface area contributed by atoms with Crippen LogP contribution < -0.4 is 14.8 Å². The average Bonchev–Trinajstić information content (AvgIpc) is 3.42. The van der Waals surface area contributed by atoms with Crippen LogP contribution in [0, 0.1) is 0 Å². The van der Waals surface area contributed by atoms with Gasteiger partial charge in [-0.3, -0.25) is 4.79 Å². The summed E-state index contributed by atoms with van der Waals surface area (Å²) in [4.78, 5) is 13.1. The smallest absolute Gasteiger partial charge is 0.231 e. The van der Waals surface area contributed by atoms with Gasteiger partial charge in [0.15, 0.2) is 11.5 Å². The van der Waals surface area contributed by atoms with Gasteiger partial charge in [-0.25, -0.2) is 0 Å². The molecule has 1 aliphatic carbocycles. The van der Waals surface area contributed by atoms with Crippen molar-refractivity contribution in [2.24, 2.45) is 0 Å². The summed E-state index contributed by atoms with van der Waals surface area (Å²) in [6.07, 6.45) is 8.52. The van der Waals surface area contributed by atoms with E-state index in [2.05, 4.69) is 53.3 Å². The normalized spacial score (nSPS) is 17.1. The molecule has 5 rings (SSSR count). The molecule has 1 atom stereocenters. The standard InChI is InChI=1S/C26H30N2O3/c1-2-28-16-22(20-10-6-7-11-23(20)28)21(15-26(29)27-19-8-4-3-5-9-19)18-12-13-24-25(14-18)31-17-30-24/h6-7,10-14,16,19,21H,2-5,8-9,15,17H2,1H3,(H,27,29)/t21-/m1/s1. The summed E-state index contributed by atoms with van der Waals surface area (Å²) in [6, 6.07) is 14.9. The van der Waals surface area contributed by atoms with Gasteiger partial charge >= 0.3 is 0 Å². The number of fused-ring (bicyclic) bond motifs is 2. The predicted molar refractivity (Wildman–Crippen MR) is 122 cm³/mol. The van der Waals surface area contributed by atoms with Crippen LogP contribution in [0.3, 0.4) is 0 Å². The van der Waals surface area contributed by atoms with E-state index in [1.54, 1.807) is 0 Å². The van der Waals surface area contributed by atoms with Gasteiger partial charge in [0.05, 0.1) is 0 Å². The van der Waals surface area contributed by atoms with E-state index in [1.165, 1.54) is 35.7 Å². The number of amides is 1. The number of para-hydroxylation sites is 1. The molecule has 5 nitrogen and oxygen atoms in total. The molecule has 3 aromatic rings. The molecular weight excluding hydrogens is 388 g/mol. The molecule has 2 aromatic carbocycles. The Morgan fingerprint density at radius 1 is 1.10 bits per heavy atom. The van der Waals surface area contributed by atoms with Crippen LogP contribution in [0.15, 0.2) is 48.7 Å². The van der Waals surface area contributed by atoms with E-state index in [4.69, 9.17) is 9.47 Å². The van der Waals surface area contributed by atoms with E-state index in [0.717, 1.165) is 36.4 Å². The second-order valence-electron chi connectivity index (χ2n) is 8.66. The van der Waals surface area contributed by atoms with Gasteiger partial charge in [0.1, 0.15) is 0 Å². The quantitative estimate of drug-likeness (QED) is 0.586. The highest BCUT2D eigenvalue weighted by Crippen LogP contribution is 2.40. The fourth-order valence-corrected chi connectivity index (χ4v) is 5.07. The van der Waals surface area contributed by atoms with Crippen molar-refractivity contribution in [2.45, 2.75) is 64.0 Å². The van der Waals surface area contributed by atoms with Gasteiger partial charge in [-0.05, 0) is 49.1 Å². The van der Waals surface area contributed by atoms with Crippen LogP contribution in [0.4, 0.5) is 0 Å². The maximum atomic E-state index is 13.1. The Morgan fingerprint density at radius 2 is 1.90 bits per heavy atom. The molecule has 2 aliphatic rings. The molecular formula is C26H30N2O3. The van der Waals surface area contributed by atoms with Gasteiger partial charge in [0, 0.05) is 42.0 Å². The number of nitrogens with zero attached hydrogens (tertiary/aromatic N) is 1. The first-order valence-corrected chi connectivity index (χ1v) is 11.5. The van der Waals surface area contributed by atoms with E-state index < -0.39 is 0 Å². The molecule has 1 amide bonds. The van der Waals surface area contributed by atoms with Gasteiger partial charge in [-0.1, -0.05) is 43.5 Å². The van der Waals surface area contributed by atoms with E-state index in [0.29, 0.717) is 12.5 Å². The number of carbonyl (C=O) groups is 1. The first-order chi connectivity index (χ1) is 15.2. The monoisotopic (exact) mass is 418 g/mol. The molecule has 1 fully saturated rings. The summed E-state index contributed by atoms with van der Waals surface area (Å²) in [7, 11) is 0. The number of ether oxygens (including phenoxy) is 2. The first-order valence-electron chi connectivity index (χ1n) is 11.5. The molecule has 1 aliphatic heterocycles. The molecule has 0 unspecified atom stereocenters. The van der Waals surface area contributed by atoms with E-state index in [9.17, 15) is 4.79 Å². The molecule has 1 saturated carbocycles. The molecule has 162 valence electrons. The maximum absolute atomic E-state index is 13.1. The Kier molecular flexibility index (Phi) is 5.58. The van der Waals surface area contributed by atoms with E-state index >= 15 is 0 Å². The van der Waals surface area contributed by atoms with Crippen LogP contribution in [0.25, 0.3) is 10.9 Å². The number of carbonyl (C=O) groups excluding carboxylic acids is 1. The van der Waals surface area contributed by atoms with Crippen molar-refractivity contribution in [3.63, 3.8) is 0 Å². The minimum absolute atomic E-state index is 0.0456. The molecule has 1 N–H and O–H groups in total. The Labute approximate surface area is 183 Å². The first kappa shape index (κ1) is 20.0. The van der Waals surface area contributed by atoms with Crippen LogP contribution in [0.5, 0.6) is 11.5 Å². The molecule has 0 radical (unpaired) electrons. The van der Waals surface area contributed by atoms with Crippen LogP contribution in [0.1, 0.15) is 62.5 Å². The third-order valence-corrected chi connectivity index (χ3v) is 6.69. The third-order valence-electron chi connectivity index (χ3n) is 6.69. The largest absolute Gasteiger partial charge is 0.454 e. The van der Waals surface area contributed by atoms with E-state index in [-0.39, 0.29) is 18.6 Å². The number of hydrogen-bond acceptors (Lipinski definition) is 3. The maximum Gasteiger partial charge on any atom is 0.231 e. The van der Waals surface area contributed by atoms with Gasteiger partial charge in [0.2, 0.25) is 12.7 Å². The number of nitrogens with one attached hydrogen (secondary N) is 1. The third kappa shape index (κ3) is 4.01. The van der Waals surface area contributed by atoms with Crippen molar-refractivity contribution in [2.75, 3.05) is 6.79 Å². The summed E-state index contributed by atoms with van der Waals surface area (Å²) < 4.78 is 13.4. The highest BCUT2D eigenvalue weighted by Gasteiger charge is 2.26. The Hall–Kier alpha value is -2.95. The molecule has 0 bridgehead atoms. The number of benzene rings is 2. The van der Waals surface area contributed by atoms with Crippen LogP contribution >= 0.6 is 0 Å². The summed E-state index contributed by atoms with van der Waals surface area (Å²) >= 11 is 0. The zero-order valence-electron chi connectivity index (χ0n) is 18.1. The zero-order valence-corrected chi connectivity index (χ0v) is 18.1. The van der Waals surface area contributed by atoms with Gasteiger partial charge < -0.3 is 19.4 Å². The molecule has 2 heterocycles. The highest BCUT2D eigenvalue weighted by atomic mass is 16.7. The minimum Gasteiger partial charge on any atom is -0.454 e. The van der Waals surface area contributed by atoms with E-state index in [1.807, 2.05) is 12.1 Å². The van der Waals surface area contributed by atoms with Crippen molar-refractivity contribution in [3.05, 3.63) is 59.8 Å². The topological polar surface area (TPSA) is 52.5 Å². The molecule has 0 spiro atoms. The molecule has 31 heavy (non-hydrogen) atoms. The van der Waals surface area contributed by atoms with Gasteiger partial charge in [-0.2, -0.15) is 0 Å². The van der Waals surface area contributed by atoms with Crippen molar-refractivity contribution in [1.29, 1.82) is 0 Å². The summed E-state index contributed by atoms with van der Waals surface area (Å²) in [6.45, 7) is 3.30. The van der Waals surface area contributed by atoms with Gasteiger partial charge in [0.25, 0.3) is 0 Å². The summed E-state index contributed by atoms with van der Waals surface area (Å²) in [5, 5.41) is 4.51. The Morgan fingerprint density at radius 3 is 2.74 bits per heavy atom. The number of aryl methyl sites for hydroxylation is 1.